The second-order valence-corrected chi connectivity index (χ2v) is 5.15. The molecule has 2 atom stereocenters. The van der Waals surface area contributed by atoms with Gasteiger partial charge in [-0.05, 0) is 44.3 Å². The number of rotatable bonds is 4. The van der Waals surface area contributed by atoms with E-state index in [9.17, 15) is 4.39 Å². The average molecular weight is 257 g/mol. The number of nitrogens with zero attached hydrogens (tertiary/aromatic N) is 1. The first-order valence-electron chi connectivity index (χ1n) is 6.56. The summed E-state index contributed by atoms with van der Waals surface area (Å²) in [5.41, 5.74) is 2.24. The maximum Gasteiger partial charge on any atom is 0.123 e. The van der Waals surface area contributed by atoms with Gasteiger partial charge in [0.15, 0.2) is 0 Å². The average Bonchev–Trinajstić information content (AvgIpc) is 2.40. The van der Waals surface area contributed by atoms with Crippen molar-refractivity contribution < 1.29 is 4.39 Å². The fourth-order valence-electron chi connectivity index (χ4n) is 2.41. The van der Waals surface area contributed by atoms with E-state index < -0.39 is 0 Å². The van der Waals surface area contributed by atoms with Gasteiger partial charge in [-0.25, -0.2) is 4.39 Å². The minimum atomic E-state index is -0.176. The van der Waals surface area contributed by atoms with Gasteiger partial charge in [0.05, 0.1) is 0 Å². The fourth-order valence-corrected chi connectivity index (χ4v) is 2.41. The molecule has 0 saturated carbocycles. The van der Waals surface area contributed by atoms with Crippen LogP contribution in [0.3, 0.4) is 0 Å². The lowest BCUT2D eigenvalue weighted by molar-refractivity contribution is 0.289. The Kier molecular flexibility index (Phi) is 4.33. The highest BCUT2D eigenvalue weighted by atomic mass is 19.1. The van der Waals surface area contributed by atoms with Crippen LogP contribution in [0.5, 0.6) is 0 Å². The first-order chi connectivity index (χ1) is 9.09. The van der Waals surface area contributed by atoms with Gasteiger partial charge in [0.1, 0.15) is 5.82 Å². The molecule has 0 aliphatic heterocycles. The van der Waals surface area contributed by atoms with E-state index in [1.54, 1.807) is 12.1 Å². The maximum absolute atomic E-state index is 13.5. The smallest absolute Gasteiger partial charge is 0.123 e. The topological polar surface area (TPSA) is 3.24 Å². The molecule has 2 aromatic carbocycles. The van der Waals surface area contributed by atoms with E-state index >= 15 is 0 Å². The second kappa shape index (κ2) is 5.98. The molecule has 2 heteroatoms. The molecule has 0 aliphatic carbocycles. The number of hydrogen-bond donors (Lipinski definition) is 0. The van der Waals surface area contributed by atoms with Gasteiger partial charge in [-0.1, -0.05) is 42.5 Å². The molecular formula is C17H20FN. The van der Waals surface area contributed by atoms with Gasteiger partial charge in [0.2, 0.25) is 0 Å². The molecule has 0 amide bonds. The summed E-state index contributed by atoms with van der Waals surface area (Å²) in [6.07, 6.45) is 0. The number of benzene rings is 2. The molecule has 1 nitrogen and oxygen atoms in total. The van der Waals surface area contributed by atoms with Crippen LogP contribution in [0.4, 0.5) is 4.39 Å². The molecule has 0 saturated heterocycles. The lowest BCUT2D eigenvalue weighted by Gasteiger charge is -2.30. The van der Waals surface area contributed by atoms with Crippen molar-refractivity contribution >= 4 is 0 Å². The molecule has 0 heterocycles. The van der Waals surface area contributed by atoms with Crippen LogP contribution in [0.1, 0.15) is 24.0 Å². The van der Waals surface area contributed by atoms with Gasteiger partial charge < -0.3 is 4.90 Å². The zero-order chi connectivity index (χ0) is 13.8. The molecule has 2 rings (SSSR count). The first kappa shape index (κ1) is 13.8. The van der Waals surface area contributed by atoms with Gasteiger partial charge in [0, 0.05) is 12.0 Å². The molecule has 2 unspecified atom stereocenters. The molecule has 0 bridgehead atoms. The molecule has 0 N–H and O–H groups in total. The normalized spacial score (nSPS) is 14.4. The maximum atomic E-state index is 13.5. The highest BCUT2D eigenvalue weighted by molar-refractivity contribution is 5.34. The van der Waals surface area contributed by atoms with Crippen LogP contribution in [0.2, 0.25) is 0 Å². The number of likely N-dealkylation sites (N-methyl/N-ethyl adjacent to an activating group) is 1. The van der Waals surface area contributed by atoms with Crippen molar-refractivity contribution in [1.29, 1.82) is 0 Å². The second-order valence-electron chi connectivity index (χ2n) is 5.15. The van der Waals surface area contributed by atoms with E-state index in [0.29, 0.717) is 6.04 Å². The first-order valence-corrected chi connectivity index (χ1v) is 6.56. The van der Waals surface area contributed by atoms with Crippen LogP contribution < -0.4 is 0 Å². The van der Waals surface area contributed by atoms with Crippen molar-refractivity contribution in [3.63, 3.8) is 0 Å². The monoisotopic (exact) mass is 257 g/mol. The summed E-state index contributed by atoms with van der Waals surface area (Å²) >= 11 is 0. The van der Waals surface area contributed by atoms with Gasteiger partial charge >= 0.3 is 0 Å². The molecular weight excluding hydrogens is 237 g/mol. The molecule has 0 aliphatic rings. The highest BCUT2D eigenvalue weighted by Crippen LogP contribution is 2.30. The molecule has 19 heavy (non-hydrogen) atoms. The lowest BCUT2D eigenvalue weighted by atomic mass is 9.85. The van der Waals surface area contributed by atoms with Crippen molar-refractivity contribution in [2.45, 2.75) is 18.9 Å². The van der Waals surface area contributed by atoms with Gasteiger partial charge in [-0.3, -0.25) is 0 Å². The Hall–Kier alpha value is -1.67. The van der Waals surface area contributed by atoms with E-state index in [1.165, 1.54) is 11.6 Å². The molecule has 0 aromatic heterocycles. The Balaban J connectivity index is 2.46. The van der Waals surface area contributed by atoms with E-state index in [-0.39, 0.29) is 11.7 Å². The van der Waals surface area contributed by atoms with E-state index in [2.05, 4.69) is 38.1 Å². The quantitative estimate of drug-likeness (QED) is 0.802. The molecule has 0 radical (unpaired) electrons. The lowest BCUT2D eigenvalue weighted by Crippen LogP contribution is -2.31. The molecule has 0 spiro atoms. The van der Waals surface area contributed by atoms with Crippen LogP contribution >= 0.6 is 0 Å². The van der Waals surface area contributed by atoms with Crippen LogP contribution in [0.25, 0.3) is 0 Å². The summed E-state index contributed by atoms with van der Waals surface area (Å²) in [4.78, 5) is 2.17. The minimum absolute atomic E-state index is 0.173. The Morgan fingerprint density at radius 2 is 1.53 bits per heavy atom. The van der Waals surface area contributed by atoms with E-state index in [0.717, 1.165) is 5.56 Å². The molecule has 2 aromatic rings. The number of halogens is 1. The number of hydrogen-bond acceptors (Lipinski definition) is 1. The predicted molar refractivity (Wildman–Crippen MR) is 77.8 cm³/mol. The predicted octanol–water partition coefficient (Wildman–Crippen LogP) is 3.91. The van der Waals surface area contributed by atoms with Crippen molar-refractivity contribution in [3.05, 3.63) is 71.5 Å². The fraction of sp³-hybridized carbons (Fsp3) is 0.294. The van der Waals surface area contributed by atoms with Crippen molar-refractivity contribution in [3.8, 4) is 0 Å². The zero-order valence-corrected chi connectivity index (χ0v) is 11.7. The summed E-state index contributed by atoms with van der Waals surface area (Å²) in [7, 11) is 4.11. The van der Waals surface area contributed by atoms with Gasteiger partial charge in [-0.2, -0.15) is 0 Å². The zero-order valence-electron chi connectivity index (χ0n) is 11.7. The minimum Gasteiger partial charge on any atom is -0.306 e. The van der Waals surface area contributed by atoms with Gasteiger partial charge in [0.25, 0.3) is 0 Å². The van der Waals surface area contributed by atoms with Crippen LogP contribution in [-0.2, 0) is 0 Å². The Morgan fingerprint density at radius 3 is 2.11 bits per heavy atom. The largest absolute Gasteiger partial charge is 0.306 e. The van der Waals surface area contributed by atoms with Crippen LogP contribution in [-0.4, -0.2) is 25.0 Å². The van der Waals surface area contributed by atoms with Crippen LogP contribution in [0, 0.1) is 5.82 Å². The molecule has 0 fully saturated rings. The Bertz CT molecular complexity index is 522. The van der Waals surface area contributed by atoms with E-state index in [1.807, 2.05) is 24.3 Å². The van der Waals surface area contributed by atoms with E-state index in [4.69, 9.17) is 0 Å². The summed E-state index contributed by atoms with van der Waals surface area (Å²) in [6, 6.07) is 17.5. The summed E-state index contributed by atoms with van der Waals surface area (Å²) in [5.74, 6) is -0.00344. The summed E-state index contributed by atoms with van der Waals surface area (Å²) in [5, 5.41) is 0. The van der Waals surface area contributed by atoms with Crippen molar-refractivity contribution in [1.82, 2.24) is 4.90 Å². The van der Waals surface area contributed by atoms with Gasteiger partial charge in [-0.15, -0.1) is 0 Å². The Morgan fingerprint density at radius 1 is 0.895 bits per heavy atom. The SMILES string of the molecule is CC(C(c1ccccc1)c1cccc(F)c1)N(C)C. The third kappa shape index (κ3) is 3.21. The molecule has 100 valence electrons. The van der Waals surface area contributed by atoms with Crippen molar-refractivity contribution in [2.75, 3.05) is 14.1 Å². The van der Waals surface area contributed by atoms with Crippen molar-refractivity contribution in [2.24, 2.45) is 0 Å². The standard InChI is InChI=1S/C17H20FN/c1-13(19(2)3)17(14-8-5-4-6-9-14)15-10-7-11-16(18)12-15/h4-13,17H,1-3H3. The van der Waals surface area contributed by atoms with Crippen LogP contribution in [0.15, 0.2) is 54.6 Å². The Labute approximate surface area is 114 Å². The third-order valence-electron chi connectivity index (χ3n) is 3.66. The third-order valence-corrected chi connectivity index (χ3v) is 3.66. The highest BCUT2D eigenvalue weighted by Gasteiger charge is 2.23. The summed E-state index contributed by atoms with van der Waals surface area (Å²) < 4.78 is 13.5. The summed E-state index contributed by atoms with van der Waals surface area (Å²) in [6.45, 7) is 2.17.